The van der Waals surface area contributed by atoms with Crippen molar-refractivity contribution in [1.29, 1.82) is 0 Å². The van der Waals surface area contributed by atoms with Gasteiger partial charge in [0.2, 0.25) is 6.17 Å². The van der Waals surface area contributed by atoms with E-state index in [9.17, 15) is 18.7 Å². The molecule has 0 aliphatic heterocycles. The molecule has 0 N–H and O–H groups in total. The molecule has 0 aromatic rings. The van der Waals surface area contributed by atoms with Gasteiger partial charge < -0.3 is 0 Å². The molecular formula is C4H5F2O2. The van der Waals surface area contributed by atoms with Gasteiger partial charge in [0.15, 0.2) is 0 Å². The molecule has 2 atom stereocenters. The van der Waals surface area contributed by atoms with Crippen LogP contribution in [0, 0.1) is 0 Å². The van der Waals surface area contributed by atoms with Crippen LogP contribution in [0.25, 0.3) is 0 Å². The maximum atomic E-state index is 11.6. The van der Waals surface area contributed by atoms with Crippen LogP contribution in [0.15, 0.2) is 0 Å². The average Bonchev–Trinajstić information content (AvgIpc) is 1.64. The second-order valence-corrected chi connectivity index (χ2v) is 1.40. The van der Waals surface area contributed by atoms with Crippen LogP contribution >= 0.6 is 0 Å². The fourth-order valence-electron chi connectivity index (χ4n) is 0.188. The Bertz CT molecular complexity index is 92.0. The maximum absolute atomic E-state index is 11.6. The Morgan fingerprint density at radius 1 is 1.50 bits per heavy atom. The Balaban J connectivity index is 3.64. The van der Waals surface area contributed by atoms with Crippen molar-refractivity contribution in [2.24, 2.45) is 0 Å². The van der Waals surface area contributed by atoms with Gasteiger partial charge in [0.25, 0.3) is 0 Å². The third-order valence-electron chi connectivity index (χ3n) is 0.628. The molecular weight excluding hydrogens is 118 g/mol. The van der Waals surface area contributed by atoms with Crippen LogP contribution in [0.1, 0.15) is 6.92 Å². The highest BCUT2D eigenvalue weighted by atomic mass is 19.2. The van der Waals surface area contributed by atoms with Gasteiger partial charge in [0, 0.05) is 0 Å². The molecule has 0 fully saturated rings. The van der Waals surface area contributed by atoms with E-state index >= 15 is 0 Å². The number of halogens is 2. The summed E-state index contributed by atoms with van der Waals surface area (Å²) in [5.41, 5.74) is 0. The minimum absolute atomic E-state index is 0.820. The van der Waals surface area contributed by atoms with Crippen molar-refractivity contribution in [3.05, 3.63) is 0 Å². The van der Waals surface area contributed by atoms with E-state index in [1.54, 1.807) is 0 Å². The SMILES string of the molecule is CC(F)C(F)C([O])=O. The molecule has 2 unspecified atom stereocenters. The fourth-order valence-corrected chi connectivity index (χ4v) is 0.188. The van der Waals surface area contributed by atoms with Crippen molar-refractivity contribution >= 4 is 5.97 Å². The minimum atomic E-state index is -2.49. The van der Waals surface area contributed by atoms with Gasteiger partial charge in [-0.25, -0.2) is 18.7 Å². The molecule has 8 heavy (non-hydrogen) atoms. The maximum Gasteiger partial charge on any atom is 0.392 e. The average molecular weight is 123 g/mol. The summed E-state index contributed by atoms with van der Waals surface area (Å²) in [6.07, 6.45) is -4.48. The van der Waals surface area contributed by atoms with Gasteiger partial charge in [-0.05, 0) is 6.92 Å². The molecule has 0 aliphatic carbocycles. The van der Waals surface area contributed by atoms with Gasteiger partial charge in [0.05, 0.1) is 0 Å². The lowest BCUT2D eigenvalue weighted by Crippen LogP contribution is -2.22. The Morgan fingerprint density at radius 3 is 1.88 bits per heavy atom. The first kappa shape index (κ1) is 7.33. The monoisotopic (exact) mass is 123 g/mol. The van der Waals surface area contributed by atoms with E-state index in [0.717, 1.165) is 6.92 Å². The van der Waals surface area contributed by atoms with Crippen molar-refractivity contribution in [3.8, 4) is 0 Å². The van der Waals surface area contributed by atoms with Crippen LogP contribution in [0.5, 0.6) is 0 Å². The summed E-state index contributed by atoms with van der Waals surface area (Å²) in [5, 5.41) is 9.41. The quantitative estimate of drug-likeness (QED) is 0.530. The van der Waals surface area contributed by atoms with Crippen LogP contribution in [-0.2, 0) is 9.90 Å². The van der Waals surface area contributed by atoms with E-state index in [1.165, 1.54) is 0 Å². The third kappa shape index (κ3) is 1.86. The van der Waals surface area contributed by atoms with Crippen molar-refractivity contribution in [1.82, 2.24) is 0 Å². The zero-order valence-corrected chi connectivity index (χ0v) is 4.23. The summed E-state index contributed by atoms with van der Waals surface area (Å²) in [5.74, 6) is -2.00. The van der Waals surface area contributed by atoms with Crippen LogP contribution in [-0.4, -0.2) is 18.3 Å². The zero-order chi connectivity index (χ0) is 6.73. The number of carbonyl (C=O) groups excluding carboxylic acids is 1. The first-order chi connectivity index (χ1) is 3.55. The largest absolute Gasteiger partial charge is 0.392 e. The Hall–Kier alpha value is -0.670. The molecule has 0 spiro atoms. The molecule has 2 nitrogen and oxygen atoms in total. The standard InChI is InChI=1S/C4H5F2O2/c1-2(5)3(6)4(7)8/h2-3H,1H3. The fraction of sp³-hybridized carbons (Fsp3) is 0.750. The summed E-state index contributed by atoms with van der Waals surface area (Å²) in [7, 11) is 0. The van der Waals surface area contributed by atoms with E-state index in [2.05, 4.69) is 0 Å². The Labute approximate surface area is 45.1 Å². The van der Waals surface area contributed by atoms with Crippen LogP contribution in [0.3, 0.4) is 0 Å². The van der Waals surface area contributed by atoms with Gasteiger partial charge in [-0.2, -0.15) is 0 Å². The molecule has 1 radical (unpaired) electrons. The predicted molar refractivity (Wildman–Crippen MR) is 21.2 cm³/mol. The molecule has 47 valence electrons. The summed E-state index contributed by atoms with van der Waals surface area (Å²) >= 11 is 0. The second-order valence-electron chi connectivity index (χ2n) is 1.40. The molecule has 4 heteroatoms. The van der Waals surface area contributed by atoms with Crippen molar-refractivity contribution in [2.45, 2.75) is 19.3 Å². The van der Waals surface area contributed by atoms with Gasteiger partial charge in [-0.1, -0.05) is 0 Å². The van der Waals surface area contributed by atoms with Crippen LogP contribution in [0.2, 0.25) is 0 Å². The lowest BCUT2D eigenvalue weighted by molar-refractivity contribution is -0.151. The highest BCUT2D eigenvalue weighted by Crippen LogP contribution is 2.01. The summed E-state index contributed by atoms with van der Waals surface area (Å²) in [4.78, 5) is 9.41. The van der Waals surface area contributed by atoms with Crippen molar-refractivity contribution in [3.63, 3.8) is 0 Å². The first-order valence-electron chi connectivity index (χ1n) is 2.04. The topological polar surface area (TPSA) is 37.0 Å². The second kappa shape index (κ2) is 2.59. The molecule has 0 saturated carbocycles. The highest BCUT2D eigenvalue weighted by Gasteiger charge is 2.24. The number of hydrogen-bond donors (Lipinski definition) is 0. The van der Waals surface area contributed by atoms with Gasteiger partial charge in [0.1, 0.15) is 6.17 Å². The highest BCUT2D eigenvalue weighted by molar-refractivity contribution is 5.72. The van der Waals surface area contributed by atoms with E-state index in [-0.39, 0.29) is 0 Å². The first-order valence-corrected chi connectivity index (χ1v) is 2.04. The van der Waals surface area contributed by atoms with Crippen molar-refractivity contribution < 1.29 is 18.7 Å². The molecule has 0 rings (SSSR count). The Morgan fingerprint density at radius 2 is 1.88 bits per heavy atom. The zero-order valence-electron chi connectivity index (χ0n) is 4.23. The minimum Gasteiger partial charge on any atom is -0.244 e. The van der Waals surface area contributed by atoms with Gasteiger partial charge in [-0.15, -0.1) is 0 Å². The number of hydrogen-bond acceptors (Lipinski definition) is 1. The lowest BCUT2D eigenvalue weighted by Gasteiger charge is -1.98. The molecule has 0 amide bonds. The molecule has 0 saturated heterocycles. The van der Waals surface area contributed by atoms with Crippen LogP contribution < -0.4 is 0 Å². The molecule has 0 heterocycles. The molecule has 0 bridgehead atoms. The Kier molecular flexibility index (Phi) is 2.37. The van der Waals surface area contributed by atoms with Gasteiger partial charge in [-0.3, -0.25) is 0 Å². The van der Waals surface area contributed by atoms with E-state index < -0.39 is 18.3 Å². The van der Waals surface area contributed by atoms with Crippen molar-refractivity contribution in [2.75, 3.05) is 0 Å². The number of alkyl halides is 2. The summed E-state index contributed by atoms with van der Waals surface area (Å²) < 4.78 is 23.2. The van der Waals surface area contributed by atoms with E-state index in [0.29, 0.717) is 0 Å². The predicted octanol–water partition coefficient (Wildman–Crippen LogP) is 0.640. The van der Waals surface area contributed by atoms with Crippen LogP contribution in [0.4, 0.5) is 8.78 Å². The third-order valence-corrected chi connectivity index (χ3v) is 0.628. The van der Waals surface area contributed by atoms with E-state index in [1.807, 2.05) is 0 Å². The molecule has 0 aliphatic rings. The smallest absolute Gasteiger partial charge is 0.244 e. The normalized spacial score (nSPS) is 17.4. The summed E-state index contributed by atoms with van der Waals surface area (Å²) in [6, 6.07) is 0. The number of carbonyl (C=O) groups is 1. The molecule has 0 aromatic heterocycles. The number of rotatable bonds is 2. The summed E-state index contributed by atoms with van der Waals surface area (Å²) in [6.45, 7) is 0.820. The molecule has 0 aromatic carbocycles. The van der Waals surface area contributed by atoms with Gasteiger partial charge >= 0.3 is 5.97 Å². The lowest BCUT2D eigenvalue weighted by atomic mass is 10.3. The van der Waals surface area contributed by atoms with E-state index in [4.69, 9.17) is 0 Å².